The van der Waals surface area contributed by atoms with E-state index in [2.05, 4.69) is 27.0 Å². The van der Waals surface area contributed by atoms with Gasteiger partial charge in [-0.2, -0.15) is 0 Å². The van der Waals surface area contributed by atoms with Crippen molar-refractivity contribution in [3.05, 3.63) is 63.1 Å². The van der Waals surface area contributed by atoms with Crippen LogP contribution in [-0.2, 0) is 16.4 Å². The van der Waals surface area contributed by atoms with Crippen LogP contribution in [0.3, 0.4) is 0 Å². The van der Waals surface area contributed by atoms with E-state index in [0.717, 1.165) is 31.0 Å². The summed E-state index contributed by atoms with van der Waals surface area (Å²) in [4.78, 5) is 5.93. The van der Waals surface area contributed by atoms with E-state index in [1.165, 1.54) is 4.31 Å². The molecule has 0 radical (unpaired) electrons. The number of pyridine rings is 1. The van der Waals surface area contributed by atoms with Gasteiger partial charge < -0.3 is 0 Å². The van der Waals surface area contributed by atoms with Gasteiger partial charge in [0, 0.05) is 12.7 Å². The van der Waals surface area contributed by atoms with Crippen LogP contribution in [0.5, 0.6) is 0 Å². The predicted octanol–water partition coefficient (Wildman–Crippen LogP) is 4.94. The first-order valence-electron chi connectivity index (χ1n) is 8.21. The number of nitrogens with zero attached hydrogens (tertiary/aromatic N) is 2. The lowest BCUT2D eigenvalue weighted by Gasteiger charge is -2.24. The Bertz CT molecular complexity index is 1090. The van der Waals surface area contributed by atoms with Crippen molar-refractivity contribution >= 4 is 43.0 Å². The Balaban J connectivity index is 1.91. The Morgan fingerprint density at radius 1 is 1.12 bits per heavy atom. The van der Waals surface area contributed by atoms with Gasteiger partial charge in [0.05, 0.1) is 19.2 Å². The highest BCUT2D eigenvalue weighted by atomic mass is 79.9. The standard InChI is InChI=1S/C19H17BrN2O2S2/c1-12-3-5-15(6-4-12)26(23,24)22-8-7-14-10-17(20)25-19(14)18-16(22)9-13(2)11-21-18/h3-6,9-11H,7-8H2,1-2H3. The molecule has 0 atom stereocenters. The Kier molecular flexibility index (Phi) is 4.41. The molecule has 0 unspecified atom stereocenters. The van der Waals surface area contributed by atoms with Gasteiger partial charge in [-0.25, -0.2) is 8.42 Å². The Morgan fingerprint density at radius 2 is 1.85 bits per heavy atom. The number of aromatic nitrogens is 1. The summed E-state index contributed by atoms with van der Waals surface area (Å²) in [6.45, 7) is 4.27. The lowest BCUT2D eigenvalue weighted by atomic mass is 10.1. The smallest absolute Gasteiger partial charge is 0.264 e. The number of hydrogen-bond acceptors (Lipinski definition) is 4. The molecular formula is C19H17BrN2O2S2. The van der Waals surface area contributed by atoms with Crippen molar-refractivity contribution in [1.82, 2.24) is 4.98 Å². The van der Waals surface area contributed by atoms with E-state index in [1.807, 2.05) is 32.0 Å². The minimum absolute atomic E-state index is 0.307. The van der Waals surface area contributed by atoms with Crippen LogP contribution in [0.4, 0.5) is 5.69 Å². The summed E-state index contributed by atoms with van der Waals surface area (Å²) >= 11 is 5.14. The van der Waals surface area contributed by atoms with Crippen LogP contribution < -0.4 is 4.31 Å². The van der Waals surface area contributed by atoms with Crippen molar-refractivity contribution in [3.8, 4) is 10.6 Å². The van der Waals surface area contributed by atoms with E-state index in [0.29, 0.717) is 23.5 Å². The number of hydrogen-bond donors (Lipinski definition) is 0. The molecule has 1 aliphatic heterocycles. The molecule has 0 fully saturated rings. The van der Waals surface area contributed by atoms with Crippen molar-refractivity contribution < 1.29 is 8.42 Å². The highest BCUT2D eigenvalue weighted by Crippen LogP contribution is 2.43. The molecule has 3 aromatic rings. The molecule has 4 nitrogen and oxygen atoms in total. The lowest BCUT2D eigenvalue weighted by Crippen LogP contribution is -2.32. The number of rotatable bonds is 2. The fraction of sp³-hybridized carbons (Fsp3) is 0.211. The molecule has 1 aliphatic rings. The van der Waals surface area contributed by atoms with E-state index in [-0.39, 0.29) is 0 Å². The van der Waals surface area contributed by atoms with Gasteiger partial charge in [0.1, 0.15) is 5.69 Å². The Morgan fingerprint density at radius 3 is 2.58 bits per heavy atom. The summed E-state index contributed by atoms with van der Waals surface area (Å²) in [5.41, 5.74) is 4.48. The minimum Gasteiger partial charge on any atom is -0.264 e. The van der Waals surface area contributed by atoms with Crippen molar-refractivity contribution in [2.24, 2.45) is 0 Å². The second-order valence-electron chi connectivity index (χ2n) is 6.43. The molecule has 1 aromatic carbocycles. The van der Waals surface area contributed by atoms with Crippen LogP contribution in [0.1, 0.15) is 16.7 Å². The van der Waals surface area contributed by atoms with Gasteiger partial charge in [-0.05, 0) is 71.6 Å². The highest BCUT2D eigenvalue weighted by Gasteiger charge is 2.31. The molecule has 3 heterocycles. The van der Waals surface area contributed by atoms with Crippen molar-refractivity contribution in [2.45, 2.75) is 25.2 Å². The van der Waals surface area contributed by atoms with Crippen LogP contribution in [-0.4, -0.2) is 19.9 Å². The Labute approximate surface area is 165 Å². The quantitative estimate of drug-likeness (QED) is 0.557. The van der Waals surface area contributed by atoms with Crippen LogP contribution in [0, 0.1) is 13.8 Å². The summed E-state index contributed by atoms with van der Waals surface area (Å²) in [5.74, 6) is 0. The van der Waals surface area contributed by atoms with Crippen LogP contribution in [0.25, 0.3) is 10.6 Å². The summed E-state index contributed by atoms with van der Waals surface area (Å²) < 4.78 is 29.3. The number of halogens is 1. The zero-order valence-corrected chi connectivity index (χ0v) is 17.6. The molecule has 0 amide bonds. The molecule has 134 valence electrons. The average Bonchev–Trinajstić information content (AvgIpc) is 2.89. The monoisotopic (exact) mass is 448 g/mol. The second kappa shape index (κ2) is 6.48. The molecule has 0 saturated heterocycles. The topological polar surface area (TPSA) is 50.3 Å². The van der Waals surface area contributed by atoms with Gasteiger partial charge in [0.15, 0.2) is 0 Å². The molecule has 0 saturated carbocycles. The Hall–Kier alpha value is -1.70. The molecule has 0 spiro atoms. The fourth-order valence-electron chi connectivity index (χ4n) is 3.13. The van der Waals surface area contributed by atoms with Gasteiger partial charge in [0.2, 0.25) is 0 Å². The lowest BCUT2D eigenvalue weighted by molar-refractivity contribution is 0.591. The summed E-state index contributed by atoms with van der Waals surface area (Å²) in [5, 5.41) is 0. The van der Waals surface area contributed by atoms with Gasteiger partial charge >= 0.3 is 0 Å². The number of fused-ring (bicyclic) bond motifs is 3. The van der Waals surface area contributed by atoms with Crippen molar-refractivity contribution in [2.75, 3.05) is 10.8 Å². The molecule has 7 heteroatoms. The average molecular weight is 449 g/mol. The zero-order valence-electron chi connectivity index (χ0n) is 14.4. The van der Waals surface area contributed by atoms with Crippen LogP contribution in [0.2, 0.25) is 0 Å². The molecule has 26 heavy (non-hydrogen) atoms. The summed E-state index contributed by atoms with van der Waals surface area (Å²) in [6.07, 6.45) is 2.44. The molecule has 4 rings (SSSR count). The van der Waals surface area contributed by atoms with Crippen molar-refractivity contribution in [3.63, 3.8) is 0 Å². The maximum Gasteiger partial charge on any atom is 0.264 e. The number of thiophene rings is 1. The molecular weight excluding hydrogens is 432 g/mol. The van der Waals surface area contributed by atoms with Crippen LogP contribution >= 0.6 is 27.3 Å². The summed E-state index contributed by atoms with van der Waals surface area (Å²) in [6, 6.07) is 11.0. The molecule has 0 N–H and O–H groups in total. The maximum atomic E-state index is 13.4. The fourth-order valence-corrected chi connectivity index (χ4v) is 6.30. The third-order valence-corrected chi connectivity index (χ3v) is 7.97. The third-order valence-electron chi connectivity index (χ3n) is 4.46. The zero-order chi connectivity index (χ0) is 18.5. The number of aryl methyl sites for hydroxylation is 2. The van der Waals surface area contributed by atoms with Gasteiger partial charge in [-0.3, -0.25) is 9.29 Å². The predicted molar refractivity (Wildman–Crippen MR) is 109 cm³/mol. The van der Waals surface area contributed by atoms with E-state index < -0.39 is 10.0 Å². The first kappa shape index (κ1) is 17.7. The number of anilines is 1. The SMILES string of the molecule is Cc1ccc(S(=O)(=O)N2CCc3cc(Br)sc3-c3ncc(C)cc32)cc1. The minimum atomic E-state index is -3.65. The number of sulfonamides is 1. The maximum absolute atomic E-state index is 13.4. The highest BCUT2D eigenvalue weighted by molar-refractivity contribution is 9.11. The normalized spacial score (nSPS) is 13.9. The number of benzene rings is 1. The van der Waals surface area contributed by atoms with E-state index >= 15 is 0 Å². The third kappa shape index (κ3) is 2.98. The molecule has 0 bridgehead atoms. The van der Waals surface area contributed by atoms with Gasteiger partial charge in [-0.15, -0.1) is 11.3 Å². The molecule has 0 aliphatic carbocycles. The van der Waals surface area contributed by atoms with Gasteiger partial charge in [-0.1, -0.05) is 17.7 Å². The largest absolute Gasteiger partial charge is 0.264 e. The van der Waals surface area contributed by atoms with Crippen LogP contribution in [0.15, 0.2) is 51.3 Å². The van der Waals surface area contributed by atoms with E-state index in [4.69, 9.17) is 0 Å². The van der Waals surface area contributed by atoms with Gasteiger partial charge in [0.25, 0.3) is 10.0 Å². The molecule has 2 aromatic heterocycles. The second-order valence-corrected chi connectivity index (χ2v) is 10.7. The van der Waals surface area contributed by atoms with E-state index in [1.54, 1.807) is 29.7 Å². The first-order valence-corrected chi connectivity index (χ1v) is 11.3. The van der Waals surface area contributed by atoms with Crippen molar-refractivity contribution in [1.29, 1.82) is 0 Å². The summed E-state index contributed by atoms with van der Waals surface area (Å²) in [7, 11) is -3.65. The van der Waals surface area contributed by atoms with E-state index in [9.17, 15) is 8.42 Å². The first-order chi connectivity index (χ1) is 12.4.